The Morgan fingerprint density at radius 3 is 3.00 bits per heavy atom. The number of amides is 1. The van der Waals surface area contributed by atoms with Gasteiger partial charge in [-0.25, -0.2) is 4.98 Å². The fraction of sp³-hybridized carbons (Fsp3) is 0.333. The summed E-state index contributed by atoms with van der Waals surface area (Å²) in [5, 5.41) is 11.6. The average molecular weight is 313 g/mol. The fourth-order valence-corrected chi connectivity index (χ4v) is 3.34. The van der Waals surface area contributed by atoms with Gasteiger partial charge in [0.2, 0.25) is 0 Å². The van der Waals surface area contributed by atoms with Crippen LogP contribution in [0.3, 0.4) is 0 Å². The summed E-state index contributed by atoms with van der Waals surface area (Å²) in [4.78, 5) is 24.2. The maximum Gasteiger partial charge on any atom is 0.251 e. The van der Waals surface area contributed by atoms with Crippen molar-refractivity contribution in [3.05, 3.63) is 29.9 Å². The van der Waals surface area contributed by atoms with Crippen LogP contribution >= 0.6 is 11.3 Å². The normalized spacial score (nSPS) is 17.3. The second-order valence-electron chi connectivity index (χ2n) is 5.10. The Morgan fingerprint density at radius 1 is 1.50 bits per heavy atom. The van der Waals surface area contributed by atoms with E-state index in [-0.39, 0.29) is 11.9 Å². The molecule has 1 fully saturated rings. The highest BCUT2D eigenvalue weighted by Gasteiger charge is 2.33. The molecule has 0 bridgehead atoms. The topological polar surface area (TPSA) is 73.1 Å². The standard InChI is InChI=1S/C15H15N5OS/c1-19(14(21)13-3-2-8-20(13)10-16)15-18-12(9-22-15)11-4-6-17-7-5-11/h4-7,9,13H,2-3,8H2,1H3/t13-/m0/s1. The molecule has 112 valence electrons. The van der Waals surface area contributed by atoms with E-state index in [4.69, 9.17) is 5.26 Å². The zero-order chi connectivity index (χ0) is 15.5. The first kappa shape index (κ1) is 14.5. The Morgan fingerprint density at radius 2 is 2.27 bits per heavy atom. The molecule has 0 aromatic carbocycles. The van der Waals surface area contributed by atoms with Crippen LogP contribution in [0.2, 0.25) is 0 Å². The van der Waals surface area contributed by atoms with Crippen LogP contribution < -0.4 is 4.90 Å². The average Bonchev–Trinajstić information content (AvgIpc) is 3.23. The summed E-state index contributed by atoms with van der Waals surface area (Å²) < 4.78 is 0. The molecule has 0 spiro atoms. The van der Waals surface area contributed by atoms with Crippen LogP contribution in [-0.2, 0) is 4.79 Å². The monoisotopic (exact) mass is 313 g/mol. The van der Waals surface area contributed by atoms with Gasteiger partial charge >= 0.3 is 0 Å². The molecule has 2 aromatic rings. The summed E-state index contributed by atoms with van der Waals surface area (Å²) in [7, 11) is 1.71. The zero-order valence-electron chi connectivity index (χ0n) is 12.1. The third-order valence-electron chi connectivity index (χ3n) is 3.75. The van der Waals surface area contributed by atoms with Gasteiger partial charge in [0.05, 0.1) is 5.69 Å². The zero-order valence-corrected chi connectivity index (χ0v) is 13.0. The van der Waals surface area contributed by atoms with Gasteiger partial charge in [0.25, 0.3) is 5.91 Å². The molecule has 7 heteroatoms. The quantitative estimate of drug-likeness (QED) is 0.812. The molecular weight excluding hydrogens is 298 g/mol. The van der Waals surface area contributed by atoms with Gasteiger partial charge in [-0.15, -0.1) is 11.3 Å². The number of pyridine rings is 1. The number of hydrogen-bond acceptors (Lipinski definition) is 6. The van der Waals surface area contributed by atoms with E-state index in [0.29, 0.717) is 11.7 Å². The molecule has 0 saturated carbocycles. The second-order valence-corrected chi connectivity index (χ2v) is 5.94. The molecule has 1 amide bonds. The number of likely N-dealkylation sites (N-methyl/N-ethyl adjacent to an activating group) is 1. The highest BCUT2D eigenvalue weighted by molar-refractivity contribution is 7.14. The van der Waals surface area contributed by atoms with Gasteiger partial charge in [-0.3, -0.25) is 19.6 Å². The third kappa shape index (κ3) is 2.65. The van der Waals surface area contributed by atoms with Gasteiger partial charge in [0.1, 0.15) is 6.04 Å². The summed E-state index contributed by atoms with van der Waals surface area (Å²) in [5.74, 6) is -0.0744. The first-order chi connectivity index (χ1) is 10.7. The summed E-state index contributed by atoms with van der Waals surface area (Å²) in [6.07, 6.45) is 7.12. The highest BCUT2D eigenvalue weighted by Crippen LogP contribution is 2.28. The van der Waals surface area contributed by atoms with Crippen LogP contribution in [0.5, 0.6) is 0 Å². The summed E-state index contributed by atoms with van der Waals surface area (Å²) in [6.45, 7) is 0.654. The van der Waals surface area contributed by atoms with E-state index in [1.165, 1.54) is 11.3 Å². The number of likely N-dealkylation sites (tertiary alicyclic amines) is 1. The molecule has 1 atom stereocenters. The molecular formula is C15H15N5OS. The van der Waals surface area contributed by atoms with Crippen molar-refractivity contribution in [1.82, 2.24) is 14.9 Å². The molecule has 0 unspecified atom stereocenters. The van der Waals surface area contributed by atoms with E-state index in [1.807, 2.05) is 17.5 Å². The number of rotatable bonds is 3. The molecule has 3 rings (SSSR count). The maximum atomic E-state index is 12.6. The van der Waals surface area contributed by atoms with Gasteiger partial charge in [-0.2, -0.15) is 5.26 Å². The number of thiazole rings is 1. The smallest absolute Gasteiger partial charge is 0.251 e. The van der Waals surface area contributed by atoms with E-state index in [2.05, 4.69) is 16.2 Å². The summed E-state index contributed by atoms with van der Waals surface area (Å²) in [6, 6.07) is 3.41. The Hall–Kier alpha value is -2.46. The number of aromatic nitrogens is 2. The third-order valence-corrected chi connectivity index (χ3v) is 4.67. The number of anilines is 1. The minimum absolute atomic E-state index is 0.0744. The highest BCUT2D eigenvalue weighted by atomic mass is 32.1. The van der Waals surface area contributed by atoms with Crippen LogP contribution in [0.15, 0.2) is 29.9 Å². The van der Waals surface area contributed by atoms with Crippen molar-refractivity contribution >= 4 is 22.4 Å². The molecule has 22 heavy (non-hydrogen) atoms. The van der Waals surface area contributed by atoms with E-state index in [9.17, 15) is 4.79 Å². The van der Waals surface area contributed by atoms with Crippen molar-refractivity contribution in [3.63, 3.8) is 0 Å². The molecule has 0 radical (unpaired) electrons. The lowest BCUT2D eigenvalue weighted by Gasteiger charge is -2.22. The van der Waals surface area contributed by atoms with Crippen molar-refractivity contribution < 1.29 is 4.79 Å². The van der Waals surface area contributed by atoms with Crippen LogP contribution in [-0.4, -0.2) is 40.4 Å². The Labute approximate surface area is 132 Å². The first-order valence-corrected chi connectivity index (χ1v) is 7.88. The minimum atomic E-state index is -0.358. The second kappa shape index (κ2) is 6.12. The van der Waals surface area contributed by atoms with Crippen molar-refractivity contribution in [2.75, 3.05) is 18.5 Å². The van der Waals surface area contributed by atoms with Crippen LogP contribution in [0.1, 0.15) is 12.8 Å². The molecule has 1 aliphatic heterocycles. The molecule has 0 aliphatic carbocycles. The molecule has 6 nitrogen and oxygen atoms in total. The Bertz CT molecular complexity index is 708. The van der Waals surface area contributed by atoms with E-state index in [1.54, 1.807) is 29.2 Å². The molecule has 2 aromatic heterocycles. The number of carbonyl (C=O) groups is 1. The largest absolute Gasteiger partial charge is 0.298 e. The number of nitrogens with zero attached hydrogens (tertiary/aromatic N) is 5. The lowest BCUT2D eigenvalue weighted by molar-refractivity contribution is -0.121. The lowest BCUT2D eigenvalue weighted by Crippen LogP contribution is -2.42. The van der Waals surface area contributed by atoms with Crippen molar-refractivity contribution in [3.8, 4) is 17.5 Å². The summed E-state index contributed by atoms with van der Waals surface area (Å²) in [5.41, 5.74) is 1.79. The lowest BCUT2D eigenvalue weighted by atomic mass is 10.2. The predicted octanol–water partition coefficient (Wildman–Crippen LogP) is 2.11. The van der Waals surface area contributed by atoms with Crippen molar-refractivity contribution in [2.24, 2.45) is 0 Å². The van der Waals surface area contributed by atoms with E-state index < -0.39 is 0 Å². The predicted molar refractivity (Wildman–Crippen MR) is 84.1 cm³/mol. The van der Waals surface area contributed by atoms with Gasteiger partial charge in [0.15, 0.2) is 11.3 Å². The number of nitriles is 1. The van der Waals surface area contributed by atoms with Crippen LogP contribution in [0, 0.1) is 11.5 Å². The van der Waals surface area contributed by atoms with Gasteiger partial charge in [-0.1, -0.05) is 0 Å². The van der Waals surface area contributed by atoms with Gasteiger partial charge in [-0.05, 0) is 25.0 Å². The SMILES string of the molecule is CN(C(=O)[C@@H]1CCCN1C#N)c1nc(-c2ccncc2)cs1. The fourth-order valence-electron chi connectivity index (χ4n) is 2.53. The van der Waals surface area contributed by atoms with E-state index >= 15 is 0 Å². The van der Waals surface area contributed by atoms with Crippen LogP contribution in [0.25, 0.3) is 11.3 Å². The van der Waals surface area contributed by atoms with Crippen LogP contribution in [0.4, 0.5) is 5.13 Å². The first-order valence-electron chi connectivity index (χ1n) is 7.00. The molecule has 3 heterocycles. The van der Waals surface area contributed by atoms with Gasteiger partial charge in [0, 0.05) is 36.9 Å². The van der Waals surface area contributed by atoms with Crippen molar-refractivity contribution in [1.29, 1.82) is 5.26 Å². The maximum absolute atomic E-state index is 12.6. The van der Waals surface area contributed by atoms with Crippen molar-refractivity contribution in [2.45, 2.75) is 18.9 Å². The van der Waals surface area contributed by atoms with Gasteiger partial charge < -0.3 is 0 Å². The summed E-state index contributed by atoms with van der Waals surface area (Å²) >= 11 is 1.42. The molecule has 1 aliphatic rings. The molecule has 1 saturated heterocycles. The minimum Gasteiger partial charge on any atom is -0.298 e. The Balaban J connectivity index is 1.78. The van der Waals surface area contributed by atoms with E-state index in [0.717, 1.165) is 24.1 Å². The number of hydrogen-bond donors (Lipinski definition) is 0. The Kier molecular flexibility index (Phi) is 4.02. The molecule has 0 N–H and O–H groups in total. The number of carbonyl (C=O) groups excluding carboxylic acids is 1.